The molecule has 1 aromatic carbocycles. The number of anilines is 2. The molecule has 4 heteroatoms. The third-order valence-electron chi connectivity index (χ3n) is 3.19. The lowest BCUT2D eigenvalue weighted by Crippen LogP contribution is -2.27. The maximum Gasteiger partial charge on any atom is 0.0739 e. The van der Waals surface area contributed by atoms with E-state index in [2.05, 4.69) is 31.1 Å². The quantitative estimate of drug-likeness (QED) is 0.588. The normalized spacial score (nSPS) is 11.2. The number of nitrogens with two attached hydrogens (primary N) is 1. The van der Waals surface area contributed by atoms with Crippen molar-refractivity contribution in [1.82, 2.24) is 4.90 Å². The highest BCUT2D eigenvalue weighted by atomic mass is 35.5. The molecule has 0 spiro atoms. The SMILES string of the molecule is CC(C)N(C)CCCCNc1cccc(Cl)c1N. The first kappa shape index (κ1) is 15.1. The summed E-state index contributed by atoms with van der Waals surface area (Å²) in [4.78, 5) is 2.35. The smallest absolute Gasteiger partial charge is 0.0739 e. The minimum atomic E-state index is 0.611. The van der Waals surface area contributed by atoms with Crippen molar-refractivity contribution in [3.8, 4) is 0 Å². The average molecular weight is 270 g/mol. The molecule has 18 heavy (non-hydrogen) atoms. The monoisotopic (exact) mass is 269 g/mol. The molecular formula is C14H24ClN3. The Morgan fingerprint density at radius 2 is 2.06 bits per heavy atom. The van der Waals surface area contributed by atoms with Crippen LogP contribution in [0.25, 0.3) is 0 Å². The van der Waals surface area contributed by atoms with Crippen molar-refractivity contribution < 1.29 is 0 Å². The van der Waals surface area contributed by atoms with Crippen molar-refractivity contribution >= 4 is 23.0 Å². The van der Waals surface area contributed by atoms with Crippen molar-refractivity contribution in [3.63, 3.8) is 0 Å². The number of rotatable bonds is 7. The predicted molar refractivity (Wildman–Crippen MR) is 81.4 cm³/mol. The maximum absolute atomic E-state index is 5.96. The number of nitrogens with one attached hydrogen (secondary N) is 1. The molecule has 0 unspecified atom stereocenters. The summed E-state index contributed by atoms with van der Waals surface area (Å²) < 4.78 is 0. The Morgan fingerprint density at radius 3 is 2.72 bits per heavy atom. The van der Waals surface area contributed by atoms with Crippen LogP contribution < -0.4 is 11.1 Å². The predicted octanol–water partition coefficient (Wildman–Crippen LogP) is 3.45. The molecule has 3 nitrogen and oxygen atoms in total. The largest absolute Gasteiger partial charge is 0.396 e. The Bertz CT molecular complexity index is 366. The van der Waals surface area contributed by atoms with Crippen molar-refractivity contribution in [2.45, 2.75) is 32.7 Å². The van der Waals surface area contributed by atoms with E-state index < -0.39 is 0 Å². The van der Waals surface area contributed by atoms with Crippen molar-refractivity contribution in [2.75, 3.05) is 31.2 Å². The van der Waals surface area contributed by atoms with Crippen LogP contribution in [-0.2, 0) is 0 Å². The van der Waals surface area contributed by atoms with Gasteiger partial charge in [-0.1, -0.05) is 17.7 Å². The van der Waals surface area contributed by atoms with E-state index in [1.54, 1.807) is 6.07 Å². The summed E-state index contributed by atoms with van der Waals surface area (Å²) >= 11 is 5.96. The molecule has 0 saturated carbocycles. The van der Waals surface area contributed by atoms with Crippen LogP contribution in [0.4, 0.5) is 11.4 Å². The number of benzene rings is 1. The Hall–Kier alpha value is -0.930. The maximum atomic E-state index is 5.96. The first-order valence-electron chi connectivity index (χ1n) is 6.50. The number of nitrogens with zero attached hydrogens (tertiary/aromatic N) is 1. The molecule has 0 aliphatic rings. The zero-order valence-electron chi connectivity index (χ0n) is 11.5. The van der Waals surface area contributed by atoms with Crippen LogP contribution in [0.15, 0.2) is 18.2 Å². The van der Waals surface area contributed by atoms with Gasteiger partial charge in [-0.15, -0.1) is 0 Å². The van der Waals surface area contributed by atoms with Crippen molar-refractivity contribution in [1.29, 1.82) is 0 Å². The fraction of sp³-hybridized carbons (Fsp3) is 0.571. The van der Waals surface area contributed by atoms with Crippen LogP contribution in [0, 0.1) is 0 Å². The van der Waals surface area contributed by atoms with Crippen LogP contribution in [-0.4, -0.2) is 31.1 Å². The molecule has 0 aliphatic carbocycles. The average Bonchev–Trinajstić information content (AvgIpc) is 2.33. The molecule has 0 heterocycles. The van der Waals surface area contributed by atoms with E-state index >= 15 is 0 Å². The summed E-state index contributed by atoms with van der Waals surface area (Å²) in [6.07, 6.45) is 2.31. The van der Waals surface area contributed by atoms with Gasteiger partial charge in [-0.2, -0.15) is 0 Å². The molecule has 0 amide bonds. The zero-order chi connectivity index (χ0) is 13.5. The molecule has 0 radical (unpaired) electrons. The molecule has 0 atom stereocenters. The van der Waals surface area contributed by atoms with Gasteiger partial charge < -0.3 is 16.0 Å². The molecular weight excluding hydrogens is 246 g/mol. The van der Waals surface area contributed by atoms with Crippen molar-refractivity contribution in [2.24, 2.45) is 0 Å². The molecule has 0 fully saturated rings. The molecule has 0 aliphatic heterocycles. The summed E-state index contributed by atoms with van der Waals surface area (Å²) in [5.74, 6) is 0. The number of para-hydroxylation sites is 1. The summed E-state index contributed by atoms with van der Waals surface area (Å²) in [6, 6.07) is 6.29. The van der Waals surface area contributed by atoms with E-state index in [1.807, 2.05) is 12.1 Å². The van der Waals surface area contributed by atoms with Crippen molar-refractivity contribution in [3.05, 3.63) is 23.2 Å². The molecule has 0 saturated heterocycles. The minimum absolute atomic E-state index is 0.611. The van der Waals surface area contributed by atoms with Gasteiger partial charge in [-0.05, 0) is 52.4 Å². The Morgan fingerprint density at radius 1 is 1.33 bits per heavy atom. The van der Waals surface area contributed by atoms with E-state index in [1.165, 1.54) is 6.42 Å². The summed E-state index contributed by atoms with van der Waals surface area (Å²) in [5, 5.41) is 3.94. The fourth-order valence-electron chi connectivity index (χ4n) is 1.66. The highest BCUT2D eigenvalue weighted by Crippen LogP contribution is 2.26. The van der Waals surface area contributed by atoms with E-state index in [-0.39, 0.29) is 0 Å². The van der Waals surface area contributed by atoms with Gasteiger partial charge in [0.05, 0.1) is 16.4 Å². The van der Waals surface area contributed by atoms with E-state index in [0.29, 0.717) is 16.8 Å². The molecule has 1 rings (SSSR count). The van der Waals surface area contributed by atoms with Gasteiger partial charge in [0, 0.05) is 12.6 Å². The third-order valence-corrected chi connectivity index (χ3v) is 3.52. The first-order valence-corrected chi connectivity index (χ1v) is 6.88. The number of halogens is 1. The van der Waals surface area contributed by atoms with E-state index in [9.17, 15) is 0 Å². The van der Waals surface area contributed by atoms with Crippen LogP contribution >= 0.6 is 11.6 Å². The summed E-state index contributed by atoms with van der Waals surface area (Å²) in [5.41, 5.74) is 7.45. The van der Waals surface area contributed by atoms with Gasteiger partial charge >= 0.3 is 0 Å². The summed E-state index contributed by atoms with van der Waals surface area (Å²) in [7, 11) is 2.16. The highest BCUT2D eigenvalue weighted by Gasteiger charge is 2.03. The van der Waals surface area contributed by atoms with Gasteiger partial charge in [0.15, 0.2) is 0 Å². The molecule has 3 N–H and O–H groups in total. The van der Waals surface area contributed by atoms with E-state index in [0.717, 1.165) is 25.2 Å². The molecule has 0 bridgehead atoms. The highest BCUT2D eigenvalue weighted by molar-refractivity contribution is 6.33. The van der Waals surface area contributed by atoms with Gasteiger partial charge in [0.1, 0.15) is 0 Å². The topological polar surface area (TPSA) is 41.3 Å². The summed E-state index contributed by atoms with van der Waals surface area (Å²) in [6.45, 7) is 6.48. The van der Waals surface area contributed by atoms with E-state index in [4.69, 9.17) is 17.3 Å². The second-order valence-corrected chi connectivity index (χ2v) is 5.32. The molecule has 0 aromatic heterocycles. The van der Waals surface area contributed by atoms with Gasteiger partial charge in [0.25, 0.3) is 0 Å². The number of hydrogen-bond donors (Lipinski definition) is 2. The van der Waals surface area contributed by atoms with Crippen LogP contribution in [0.3, 0.4) is 0 Å². The molecule has 1 aromatic rings. The number of nitrogen functional groups attached to an aromatic ring is 1. The first-order chi connectivity index (χ1) is 8.52. The second-order valence-electron chi connectivity index (χ2n) is 4.91. The second kappa shape index (κ2) is 7.49. The van der Waals surface area contributed by atoms with Crippen LogP contribution in [0.2, 0.25) is 5.02 Å². The lowest BCUT2D eigenvalue weighted by molar-refractivity contribution is 0.269. The lowest BCUT2D eigenvalue weighted by atomic mass is 10.2. The Labute approximate surface area is 115 Å². The van der Waals surface area contributed by atoms with Gasteiger partial charge in [-0.25, -0.2) is 0 Å². The third kappa shape index (κ3) is 4.75. The van der Waals surface area contributed by atoms with Gasteiger partial charge in [-0.3, -0.25) is 0 Å². The number of hydrogen-bond acceptors (Lipinski definition) is 3. The lowest BCUT2D eigenvalue weighted by Gasteiger charge is -2.20. The Kier molecular flexibility index (Phi) is 6.30. The van der Waals surface area contributed by atoms with Crippen LogP contribution in [0.1, 0.15) is 26.7 Å². The minimum Gasteiger partial charge on any atom is -0.396 e. The fourth-order valence-corrected chi connectivity index (χ4v) is 1.83. The van der Waals surface area contributed by atoms with Crippen LogP contribution in [0.5, 0.6) is 0 Å². The Balaban J connectivity index is 2.24. The standard InChI is InChI=1S/C14H24ClN3/c1-11(2)18(3)10-5-4-9-17-13-8-6-7-12(15)14(13)16/h6-8,11,17H,4-5,9-10,16H2,1-3H3. The zero-order valence-corrected chi connectivity index (χ0v) is 12.3. The molecule has 102 valence electrons. The number of unbranched alkanes of at least 4 members (excludes halogenated alkanes) is 1. The van der Waals surface area contributed by atoms with Gasteiger partial charge in [0.2, 0.25) is 0 Å².